The maximum atomic E-state index is 12.8. The van der Waals surface area contributed by atoms with Crippen molar-refractivity contribution < 1.29 is 13.2 Å². The van der Waals surface area contributed by atoms with E-state index in [2.05, 4.69) is 16.1 Å². The van der Waals surface area contributed by atoms with Gasteiger partial charge in [0.25, 0.3) is 10.0 Å². The number of sulfonamides is 1. The fraction of sp³-hybridized carbons (Fsp3) is 0.143. The van der Waals surface area contributed by atoms with E-state index in [1.54, 1.807) is 25.3 Å². The van der Waals surface area contributed by atoms with Crippen LogP contribution in [0.1, 0.15) is 11.1 Å². The van der Waals surface area contributed by atoms with E-state index in [4.69, 9.17) is 4.74 Å². The van der Waals surface area contributed by atoms with Gasteiger partial charge in [0.05, 0.1) is 23.4 Å². The number of para-hydroxylation sites is 2. The zero-order valence-electron chi connectivity index (χ0n) is 14.9. The lowest BCUT2D eigenvalue weighted by atomic mass is 10.0. The van der Waals surface area contributed by atoms with Gasteiger partial charge in [0.1, 0.15) is 5.75 Å². The average Bonchev–Trinajstić information content (AvgIpc) is 2.88. The lowest BCUT2D eigenvalue weighted by Gasteiger charge is -2.16. The Labute approximate surface area is 159 Å². The Bertz CT molecular complexity index is 1080. The quantitative estimate of drug-likeness (QED) is 0.707. The molecule has 1 aliphatic heterocycles. The largest absolute Gasteiger partial charge is 0.497 e. The van der Waals surface area contributed by atoms with Crippen LogP contribution in [0.15, 0.2) is 71.6 Å². The van der Waals surface area contributed by atoms with Gasteiger partial charge in [-0.05, 0) is 60.4 Å². The van der Waals surface area contributed by atoms with E-state index < -0.39 is 10.0 Å². The molecule has 3 aromatic carbocycles. The van der Waals surface area contributed by atoms with E-state index in [1.165, 1.54) is 17.7 Å². The number of fused-ring (bicyclic) bond motifs is 2. The minimum absolute atomic E-state index is 0.190. The molecule has 5 nitrogen and oxygen atoms in total. The summed E-state index contributed by atoms with van der Waals surface area (Å²) in [5, 5.41) is 3.42. The second kappa shape index (κ2) is 6.96. The molecular weight excluding hydrogens is 360 g/mol. The fourth-order valence-electron chi connectivity index (χ4n) is 3.26. The molecule has 3 aromatic rings. The first-order valence-electron chi connectivity index (χ1n) is 8.70. The molecule has 0 aromatic heterocycles. The normalized spacial score (nSPS) is 12.9. The molecule has 0 spiro atoms. The van der Waals surface area contributed by atoms with Crippen molar-refractivity contribution in [1.82, 2.24) is 0 Å². The van der Waals surface area contributed by atoms with Crippen molar-refractivity contribution >= 4 is 27.1 Å². The molecule has 1 heterocycles. The van der Waals surface area contributed by atoms with Crippen molar-refractivity contribution in [2.45, 2.75) is 17.7 Å². The molecule has 1 aliphatic rings. The molecule has 0 amide bonds. The van der Waals surface area contributed by atoms with Crippen LogP contribution in [0.3, 0.4) is 0 Å². The molecule has 0 bridgehead atoms. The third-order valence-electron chi connectivity index (χ3n) is 4.71. The molecule has 27 heavy (non-hydrogen) atoms. The first kappa shape index (κ1) is 17.4. The smallest absolute Gasteiger partial charge is 0.261 e. The van der Waals surface area contributed by atoms with Gasteiger partial charge in [-0.25, -0.2) is 8.42 Å². The highest BCUT2D eigenvalue weighted by atomic mass is 32.2. The van der Waals surface area contributed by atoms with Crippen LogP contribution in [0.5, 0.6) is 5.75 Å². The molecule has 0 saturated carbocycles. The van der Waals surface area contributed by atoms with Gasteiger partial charge in [-0.2, -0.15) is 0 Å². The monoisotopic (exact) mass is 380 g/mol. The lowest BCUT2D eigenvalue weighted by Crippen LogP contribution is -2.14. The Morgan fingerprint density at radius 1 is 0.889 bits per heavy atom. The van der Waals surface area contributed by atoms with Crippen molar-refractivity contribution in [3.8, 4) is 5.75 Å². The Balaban J connectivity index is 1.69. The molecule has 138 valence electrons. The van der Waals surface area contributed by atoms with Crippen LogP contribution < -0.4 is 14.8 Å². The van der Waals surface area contributed by atoms with Gasteiger partial charge in [-0.1, -0.05) is 30.3 Å². The van der Waals surface area contributed by atoms with Crippen molar-refractivity contribution in [1.29, 1.82) is 0 Å². The van der Waals surface area contributed by atoms with Gasteiger partial charge in [-0.15, -0.1) is 0 Å². The van der Waals surface area contributed by atoms with Crippen molar-refractivity contribution in [3.63, 3.8) is 0 Å². The van der Waals surface area contributed by atoms with Crippen LogP contribution in [-0.2, 0) is 22.9 Å². The molecule has 4 rings (SSSR count). The number of hydrogen-bond donors (Lipinski definition) is 2. The summed E-state index contributed by atoms with van der Waals surface area (Å²) in [4.78, 5) is 0.190. The van der Waals surface area contributed by atoms with Crippen LogP contribution in [0.4, 0.5) is 17.1 Å². The third-order valence-corrected chi connectivity index (χ3v) is 6.09. The minimum atomic E-state index is -3.71. The van der Waals surface area contributed by atoms with Crippen LogP contribution in [0.25, 0.3) is 0 Å². The van der Waals surface area contributed by atoms with E-state index in [0.29, 0.717) is 11.4 Å². The van der Waals surface area contributed by atoms with Crippen LogP contribution >= 0.6 is 0 Å². The number of aryl methyl sites for hydroxylation is 2. The zero-order valence-corrected chi connectivity index (χ0v) is 15.7. The number of ether oxygens (including phenoxy) is 1. The van der Waals surface area contributed by atoms with Crippen molar-refractivity contribution in [2.24, 2.45) is 0 Å². The molecular formula is C21H20N2O3S. The first-order valence-corrected chi connectivity index (χ1v) is 10.2. The number of hydrogen-bond acceptors (Lipinski definition) is 4. The molecule has 2 N–H and O–H groups in total. The van der Waals surface area contributed by atoms with Crippen molar-refractivity contribution in [3.05, 3.63) is 77.9 Å². The summed E-state index contributed by atoms with van der Waals surface area (Å²) in [5.41, 5.74) is 4.66. The number of anilines is 3. The molecule has 0 saturated heterocycles. The SMILES string of the molecule is COc1ccc(S(=O)(=O)Nc2cccc3c2Nc2ccccc2CC3)cc1. The van der Waals surface area contributed by atoms with E-state index in [9.17, 15) is 8.42 Å². The summed E-state index contributed by atoms with van der Waals surface area (Å²) < 4.78 is 33.5. The number of methoxy groups -OCH3 is 1. The molecule has 0 atom stereocenters. The standard InChI is InChI=1S/C21H20N2O3S/c1-26-17-11-13-18(14-12-17)27(24,25)23-20-8-4-6-16-10-9-15-5-2-3-7-19(15)22-21(16)20/h2-8,11-14,22-23H,9-10H2,1H3. The topological polar surface area (TPSA) is 67.4 Å². The highest BCUT2D eigenvalue weighted by molar-refractivity contribution is 7.92. The van der Waals surface area contributed by atoms with Crippen LogP contribution in [-0.4, -0.2) is 15.5 Å². The fourth-order valence-corrected chi connectivity index (χ4v) is 4.34. The minimum Gasteiger partial charge on any atom is -0.497 e. The number of rotatable bonds is 4. The van der Waals surface area contributed by atoms with E-state index >= 15 is 0 Å². The molecule has 0 fully saturated rings. The summed E-state index contributed by atoms with van der Waals surface area (Å²) in [6.45, 7) is 0. The zero-order chi connectivity index (χ0) is 18.9. The average molecular weight is 380 g/mol. The maximum absolute atomic E-state index is 12.8. The second-order valence-electron chi connectivity index (χ2n) is 6.40. The van der Waals surface area contributed by atoms with Gasteiger partial charge in [0.2, 0.25) is 0 Å². The highest BCUT2D eigenvalue weighted by Crippen LogP contribution is 2.36. The summed E-state index contributed by atoms with van der Waals surface area (Å²) in [6.07, 6.45) is 1.75. The lowest BCUT2D eigenvalue weighted by molar-refractivity contribution is 0.414. The number of nitrogens with one attached hydrogen (secondary N) is 2. The van der Waals surface area contributed by atoms with Gasteiger partial charge in [0.15, 0.2) is 0 Å². The predicted molar refractivity (Wildman–Crippen MR) is 107 cm³/mol. The van der Waals surface area contributed by atoms with Crippen LogP contribution in [0, 0.1) is 0 Å². The number of benzene rings is 3. The third kappa shape index (κ3) is 3.48. The predicted octanol–water partition coefficient (Wildman–Crippen LogP) is 4.34. The summed E-state index contributed by atoms with van der Waals surface area (Å²) in [5.74, 6) is 0.612. The summed E-state index contributed by atoms with van der Waals surface area (Å²) in [6, 6.07) is 20.1. The Hall–Kier alpha value is -2.99. The van der Waals surface area contributed by atoms with E-state index in [-0.39, 0.29) is 4.90 Å². The Morgan fingerprint density at radius 3 is 2.37 bits per heavy atom. The van der Waals surface area contributed by atoms with Crippen molar-refractivity contribution in [2.75, 3.05) is 17.1 Å². The van der Waals surface area contributed by atoms with Gasteiger partial charge in [0, 0.05) is 5.69 Å². The van der Waals surface area contributed by atoms with Gasteiger partial charge in [-0.3, -0.25) is 4.72 Å². The molecule has 0 unspecified atom stereocenters. The first-order chi connectivity index (χ1) is 13.1. The Kier molecular flexibility index (Phi) is 4.49. The highest BCUT2D eigenvalue weighted by Gasteiger charge is 2.20. The Morgan fingerprint density at radius 2 is 1.59 bits per heavy atom. The second-order valence-corrected chi connectivity index (χ2v) is 8.09. The maximum Gasteiger partial charge on any atom is 0.261 e. The molecule has 0 radical (unpaired) electrons. The summed E-state index contributed by atoms with van der Waals surface area (Å²) >= 11 is 0. The van der Waals surface area contributed by atoms with E-state index in [0.717, 1.165) is 29.8 Å². The van der Waals surface area contributed by atoms with E-state index in [1.807, 2.05) is 30.3 Å². The van der Waals surface area contributed by atoms with Gasteiger partial charge >= 0.3 is 0 Å². The molecule has 0 aliphatic carbocycles. The van der Waals surface area contributed by atoms with Gasteiger partial charge < -0.3 is 10.1 Å². The van der Waals surface area contributed by atoms with Crippen LogP contribution in [0.2, 0.25) is 0 Å². The summed E-state index contributed by atoms with van der Waals surface area (Å²) in [7, 11) is -2.16. The molecule has 6 heteroatoms.